The van der Waals surface area contributed by atoms with Crippen molar-refractivity contribution in [3.63, 3.8) is 0 Å². The van der Waals surface area contributed by atoms with Gasteiger partial charge in [0.25, 0.3) is 0 Å². The monoisotopic (exact) mass is 284 g/mol. The van der Waals surface area contributed by atoms with E-state index in [4.69, 9.17) is 0 Å². The summed E-state index contributed by atoms with van der Waals surface area (Å²) in [6.07, 6.45) is 6.20. The molecule has 0 bridgehead atoms. The van der Waals surface area contributed by atoms with Crippen molar-refractivity contribution >= 4 is 32.8 Å². The van der Waals surface area contributed by atoms with Gasteiger partial charge in [0.15, 0.2) is 0 Å². The molecule has 0 spiro atoms. The number of halogens is 1. The van der Waals surface area contributed by atoms with Gasteiger partial charge in [-0.2, -0.15) is 0 Å². The summed E-state index contributed by atoms with van der Waals surface area (Å²) in [5, 5.41) is 0. The second kappa shape index (κ2) is 4.06. The first-order valence-electron chi connectivity index (χ1n) is 5.43. The van der Waals surface area contributed by atoms with Crippen LogP contribution in [0.15, 0.2) is 16.6 Å². The Balaban J connectivity index is 2.23. The van der Waals surface area contributed by atoms with Crippen molar-refractivity contribution in [2.24, 2.45) is 5.41 Å². The lowest BCUT2D eigenvalue weighted by Gasteiger charge is -2.28. The molecule has 1 heterocycles. The van der Waals surface area contributed by atoms with E-state index in [2.05, 4.69) is 48.8 Å². The van der Waals surface area contributed by atoms with Crippen molar-refractivity contribution in [2.75, 3.05) is 0 Å². The third kappa shape index (κ3) is 2.54. The van der Waals surface area contributed by atoms with Crippen LogP contribution in [0.5, 0.6) is 0 Å². The number of hydrogen-bond donors (Lipinski definition) is 0. The van der Waals surface area contributed by atoms with Crippen molar-refractivity contribution in [2.45, 2.75) is 40.0 Å². The van der Waals surface area contributed by atoms with E-state index in [1.165, 1.54) is 33.5 Å². The van der Waals surface area contributed by atoms with Crippen molar-refractivity contribution in [3.05, 3.63) is 26.4 Å². The van der Waals surface area contributed by atoms with Gasteiger partial charge in [0.1, 0.15) is 0 Å². The highest BCUT2D eigenvalue weighted by Crippen LogP contribution is 2.41. The molecule has 1 aliphatic rings. The zero-order valence-electron chi connectivity index (χ0n) is 9.56. The molecule has 0 N–H and O–H groups in total. The molecule has 1 aromatic rings. The van der Waals surface area contributed by atoms with E-state index in [9.17, 15) is 0 Å². The molecular weight excluding hydrogens is 268 g/mol. The van der Waals surface area contributed by atoms with Crippen molar-refractivity contribution in [1.29, 1.82) is 0 Å². The summed E-state index contributed by atoms with van der Waals surface area (Å²) in [4.78, 5) is 2.84. The van der Waals surface area contributed by atoms with Crippen LogP contribution in [-0.4, -0.2) is 0 Å². The van der Waals surface area contributed by atoms with Crippen LogP contribution < -0.4 is 0 Å². The topological polar surface area (TPSA) is 0 Å². The molecule has 15 heavy (non-hydrogen) atoms. The SMILES string of the molecule is Cc1sc(C2=CCC(C)(C)CC2)cc1Br. The summed E-state index contributed by atoms with van der Waals surface area (Å²) in [5.74, 6) is 0. The number of thiophene rings is 1. The first-order valence-corrected chi connectivity index (χ1v) is 7.04. The molecule has 0 unspecified atom stereocenters. The molecule has 82 valence electrons. The van der Waals surface area contributed by atoms with E-state index in [0.29, 0.717) is 5.41 Å². The van der Waals surface area contributed by atoms with Crippen molar-refractivity contribution in [1.82, 2.24) is 0 Å². The lowest BCUT2D eigenvalue weighted by atomic mass is 9.78. The van der Waals surface area contributed by atoms with E-state index < -0.39 is 0 Å². The maximum absolute atomic E-state index is 3.59. The lowest BCUT2D eigenvalue weighted by Crippen LogP contribution is -2.13. The van der Waals surface area contributed by atoms with Crippen LogP contribution in [-0.2, 0) is 0 Å². The van der Waals surface area contributed by atoms with Crippen LogP contribution in [0.4, 0.5) is 0 Å². The normalized spacial score (nSPS) is 20.1. The average molecular weight is 285 g/mol. The van der Waals surface area contributed by atoms with Gasteiger partial charge in [0.2, 0.25) is 0 Å². The Morgan fingerprint density at radius 3 is 2.60 bits per heavy atom. The number of aryl methyl sites for hydroxylation is 1. The summed E-state index contributed by atoms with van der Waals surface area (Å²) in [6, 6.07) is 2.27. The third-order valence-electron chi connectivity index (χ3n) is 3.15. The molecule has 0 fully saturated rings. The molecule has 0 aromatic carbocycles. The molecule has 1 aliphatic carbocycles. The van der Waals surface area contributed by atoms with Crippen LogP contribution in [0.3, 0.4) is 0 Å². The first kappa shape index (κ1) is 11.4. The zero-order valence-corrected chi connectivity index (χ0v) is 12.0. The second-order valence-corrected chi connectivity index (χ2v) is 7.22. The van der Waals surface area contributed by atoms with E-state index in [-0.39, 0.29) is 0 Å². The average Bonchev–Trinajstić information content (AvgIpc) is 2.47. The number of allylic oxidation sites excluding steroid dienone is 2. The molecule has 0 nitrogen and oxygen atoms in total. The van der Waals surface area contributed by atoms with Gasteiger partial charge in [-0.15, -0.1) is 11.3 Å². The molecule has 1 aromatic heterocycles. The third-order valence-corrected chi connectivity index (χ3v) is 5.36. The standard InChI is InChI=1S/C13H17BrS/c1-9-11(14)8-12(15-9)10-4-6-13(2,3)7-5-10/h4,8H,5-7H2,1-3H3. The Labute approximate surface area is 105 Å². The number of hydrogen-bond acceptors (Lipinski definition) is 1. The van der Waals surface area contributed by atoms with Gasteiger partial charge in [-0.3, -0.25) is 0 Å². The highest BCUT2D eigenvalue weighted by Gasteiger charge is 2.22. The molecule has 0 saturated carbocycles. The highest BCUT2D eigenvalue weighted by atomic mass is 79.9. The second-order valence-electron chi connectivity index (χ2n) is 5.11. The van der Waals surface area contributed by atoms with Gasteiger partial charge in [-0.1, -0.05) is 19.9 Å². The fourth-order valence-electron chi connectivity index (χ4n) is 1.92. The smallest absolute Gasteiger partial charge is 0.0317 e. The minimum absolute atomic E-state index is 0.507. The Kier molecular flexibility index (Phi) is 3.09. The van der Waals surface area contributed by atoms with Gasteiger partial charge < -0.3 is 0 Å². The number of rotatable bonds is 1. The summed E-state index contributed by atoms with van der Waals surface area (Å²) in [5.41, 5.74) is 2.06. The van der Waals surface area contributed by atoms with Gasteiger partial charge in [-0.25, -0.2) is 0 Å². The quantitative estimate of drug-likeness (QED) is 0.647. The zero-order chi connectivity index (χ0) is 11.1. The highest BCUT2D eigenvalue weighted by molar-refractivity contribution is 9.10. The minimum Gasteiger partial charge on any atom is -0.140 e. The predicted octanol–water partition coefficient (Wildman–Crippen LogP) is 5.41. The van der Waals surface area contributed by atoms with E-state index in [0.717, 1.165) is 0 Å². The Bertz CT molecular complexity index is 379. The molecule has 0 atom stereocenters. The predicted molar refractivity (Wildman–Crippen MR) is 72.4 cm³/mol. The minimum atomic E-state index is 0.507. The maximum atomic E-state index is 3.59. The van der Waals surface area contributed by atoms with Crippen LogP contribution in [0.25, 0.3) is 5.57 Å². The summed E-state index contributed by atoms with van der Waals surface area (Å²) in [7, 11) is 0. The van der Waals surface area contributed by atoms with Crippen molar-refractivity contribution < 1.29 is 0 Å². The van der Waals surface area contributed by atoms with Crippen LogP contribution in [0, 0.1) is 12.3 Å². The van der Waals surface area contributed by atoms with Gasteiger partial charge in [0, 0.05) is 14.2 Å². The first-order chi connectivity index (χ1) is 6.98. The maximum Gasteiger partial charge on any atom is 0.0317 e. The largest absolute Gasteiger partial charge is 0.140 e. The Morgan fingerprint density at radius 1 is 1.40 bits per heavy atom. The molecule has 0 aliphatic heterocycles. The lowest BCUT2D eigenvalue weighted by molar-refractivity contribution is 0.335. The Hall–Kier alpha value is -0.0800. The fourth-order valence-corrected chi connectivity index (χ4v) is 3.52. The molecule has 0 radical (unpaired) electrons. The Morgan fingerprint density at radius 2 is 2.13 bits per heavy atom. The van der Waals surface area contributed by atoms with Crippen LogP contribution in [0.2, 0.25) is 0 Å². The summed E-state index contributed by atoms with van der Waals surface area (Å²) >= 11 is 5.49. The van der Waals surface area contributed by atoms with Gasteiger partial charge in [-0.05, 0) is 59.2 Å². The van der Waals surface area contributed by atoms with Crippen molar-refractivity contribution in [3.8, 4) is 0 Å². The molecule has 0 saturated heterocycles. The van der Waals surface area contributed by atoms with E-state index in [1.807, 2.05) is 11.3 Å². The van der Waals surface area contributed by atoms with Crippen LogP contribution in [0.1, 0.15) is 42.9 Å². The summed E-state index contributed by atoms with van der Waals surface area (Å²) in [6.45, 7) is 6.89. The van der Waals surface area contributed by atoms with Gasteiger partial charge >= 0.3 is 0 Å². The van der Waals surface area contributed by atoms with E-state index in [1.54, 1.807) is 5.57 Å². The van der Waals surface area contributed by atoms with Gasteiger partial charge in [0.05, 0.1) is 0 Å². The molecule has 2 rings (SSSR count). The molecule has 0 amide bonds. The van der Waals surface area contributed by atoms with Crippen LogP contribution >= 0.6 is 27.3 Å². The fraction of sp³-hybridized carbons (Fsp3) is 0.538. The molecule has 2 heteroatoms. The summed E-state index contributed by atoms with van der Waals surface area (Å²) < 4.78 is 1.26. The van der Waals surface area contributed by atoms with E-state index >= 15 is 0 Å². The molecular formula is C13H17BrS.